The summed E-state index contributed by atoms with van der Waals surface area (Å²) in [6.07, 6.45) is 9.67. The number of aldehydes is 1. The van der Waals surface area contributed by atoms with Crippen molar-refractivity contribution in [1.29, 1.82) is 0 Å². The van der Waals surface area contributed by atoms with Crippen LogP contribution >= 0.6 is 0 Å². The maximum atomic E-state index is 13.0. The third kappa shape index (κ3) is 12.6. The maximum Gasteiger partial charge on any atom is 0.256 e. The minimum atomic E-state index is -0.623. The average molecular weight is 764 g/mol. The van der Waals surface area contributed by atoms with Crippen molar-refractivity contribution in [1.82, 2.24) is 15.2 Å². The number of rotatable bonds is 24. The molecule has 2 unspecified atom stereocenters. The number of hydrogen-bond acceptors (Lipinski definition) is 10. The SMILES string of the molecule is C=CCNC(=O)C(=C/N=C)/C(=N\CNc1ccc(N(C)CCCCCNc2cccc(C)c2CN(C=O)C(C)CCC=O)cc1)Nc1ccc2c(n1)C(O)CC2. The van der Waals surface area contributed by atoms with Crippen molar-refractivity contribution in [2.75, 3.05) is 54.2 Å². The zero-order chi connectivity index (χ0) is 40.3. The van der Waals surface area contributed by atoms with Gasteiger partial charge in [0.15, 0.2) is 0 Å². The number of fused-ring (bicyclic) bond motifs is 1. The van der Waals surface area contributed by atoms with Gasteiger partial charge in [0.1, 0.15) is 24.6 Å². The van der Waals surface area contributed by atoms with Gasteiger partial charge >= 0.3 is 0 Å². The highest BCUT2D eigenvalue weighted by Gasteiger charge is 2.23. The van der Waals surface area contributed by atoms with E-state index in [0.717, 1.165) is 85.2 Å². The van der Waals surface area contributed by atoms with E-state index in [1.165, 1.54) is 6.20 Å². The highest BCUT2D eigenvalue weighted by atomic mass is 16.3. The van der Waals surface area contributed by atoms with Gasteiger partial charge in [-0.15, -0.1) is 6.58 Å². The molecule has 0 radical (unpaired) electrons. The highest BCUT2D eigenvalue weighted by molar-refractivity contribution is 6.25. The molecule has 13 heteroatoms. The van der Waals surface area contributed by atoms with Crippen molar-refractivity contribution in [3.63, 3.8) is 0 Å². The molecule has 0 saturated carbocycles. The Morgan fingerprint density at radius 2 is 1.89 bits per heavy atom. The summed E-state index contributed by atoms with van der Waals surface area (Å²) in [6, 6.07) is 18.0. The molecule has 1 heterocycles. The van der Waals surface area contributed by atoms with Gasteiger partial charge in [-0.05, 0) is 112 Å². The molecule has 1 aliphatic rings. The molecule has 13 nitrogen and oxygen atoms in total. The lowest BCUT2D eigenvalue weighted by molar-refractivity contribution is -0.121. The van der Waals surface area contributed by atoms with Gasteiger partial charge in [0, 0.05) is 69.0 Å². The molecule has 0 bridgehead atoms. The van der Waals surface area contributed by atoms with Gasteiger partial charge in [-0.1, -0.05) is 24.3 Å². The van der Waals surface area contributed by atoms with E-state index in [1.54, 1.807) is 17.0 Å². The number of amidine groups is 1. The molecule has 1 aliphatic carbocycles. The number of nitrogens with one attached hydrogen (secondary N) is 4. The Morgan fingerprint density at radius 1 is 1.09 bits per heavy atom. The number of nitrogens with zero attached hydrogens (tertiary/aromatic N) is 5. The number of anilines is 4. The number of amides is 2. The van der Waals surface area contributed by atoms with E-state index in [4.69, 9.17) is 0 Å². The molecule has 5 N–H and O–H groups in total. The summed E-state index contributed by atoms with van der Waals surface area (Å²) in [5.41, 5.74) is 7.04. The van der Waals surface area contributed by atoms with Crippen molar-refractivity contribution in [2.45, 2.75) is 77.5 Å². The highest BCUT2D eigenvalue weighted by Crippen LogP contribution is 2.30. The molecule has 2 aromatic carbocycles. The van der Waals surface area contributed by atoms with Gasteiger partial charge in [0.05, 0.1) is 17.4 Å². The lowest BCUT2D eigenvalue weighted by atomic mass is 10.0. The molecule has 2 amide bonds. The Kier molecular flexibility index (Phi) is 17.3. The summed E-state index contributed by atoms with van der Waals surface area (Å²) in [5.74, 6) is 0.305. The largest absolute Gasteiger partial charge is 0.387 e. The summed E-state index contributed by atoms with van der Waals surface area (Å²) in [6.45, 7) is 13.9. The number of hydrogen-bond donors (Lipinski definition) is 5. The number of aliphatic imine (C=N–C) groups is 2. The fourth-order valence-corrected chi connectivity index (χ4v) is 6.47. The molecule has 0 fully saturated rings. The molecule has 0 spiro atoms. The molecule has 2 atom stereocenters. The van der Waals surface area contributed by atoms with Gasteiger partial charge in [0.2, 0.25) is 6.41 Å². The minimum Gasteiger partial charge on any atom is -0.387 e. The number of pyridine rings is 1. The van der Waals surface area contributed by atoms with Gasteiger partial charge in [-0.25, -0.2) is 9.98 Å². The summed E-state index contributed by atoms with van der Waals surface area (Å²) in [5, 5.41) is 23.2. The second-order valence-electron chi connectivity index (χ2n) is 13.9. The van der Waals surface area contributed by atoms with E-state index < -0.39 is 12.0 Å². The number of aryl methyl sites for hydroxylation is 2. The normalized spacial score (nSPS) is 14.2. The quantitative estimate of drug-likeness (QED) is 0.0179. The first-order valence-electron chi connectivity index (χ1n) is 19.3. The van der Waals surface area contributed by atoms with E-state index in [0.29, 0.717) is 37.3 Å². The second-order valence-corrected chi connectivity index (χ2v) is 13.9. The Bertz CT molecular complexity index is 1840. The lowest BCUT2D eigenvalue weighted by Crippen LogP contribution is -2.32. The monoisotopic (exact) mass is 763 g/mol. The van der Waals surface area contributed by atoms with Crippen LogP contribution in [0.25, 0.3) is 0 Å². The summed E-state index contributed by atoms with van der Waals surface area (Å²) < 4.78 is 0. The van der Waals surface area contributed by atoms with E-state index in [-0.39, 0.29) is 30.7 Å². The third-order valence-electron chi connectivity index (χ3n) is 9.86. The molecule has 4 rings (SSSR count). The van der Waals surface area contributed by atoms with Crippen molar-refractivity contribution < 1.29 is 19.5 Å². The first-order chi connectivity index (χ1) is 27.2. The lowest BCUT2D eigenvalue weighted by Gasteiger charge is -2.27. The minimum absolute atomic E-state index is 0.0130. The molecule has 0 aliphatic heterocycles. The standard InChI is InChI=1S/C43H57N9O4/c1-6-23-46-43(56)36(27-44-4)42(50-40-22-16-33-15-21-39(55)41(33)49-40)48-29-47-34-17-19-35(20-18-34)51(5)25-9-7-8-24-45-38-14-10-12-31(2)37(38)28-52(30-54)32(3)13-11-26-53/h6,10,12,14,16-20,22,26-27,30,32,39,45,47,55H,1,4,7-9,11,13,15,21,23-25,28-29H2,2-3,5H3,(H,46,56)(H,48,49,50)/b36-27+. The third-order valence-corrected chi connectivity index (χ3v) is 9.86. The zero-order valence-electron chi connectivity index (χ0n) is 33.0. The van der Waals surface area contributed by atoms with Crippen molar-refractivity contribution in [2.24, 2.45) is 9.98 Å². The first kappa shape index (κ1) is 42.9. The average Bonchev–Trinajstić information content (AvgIpc) is 3.58. The number of aliphatic hydroxyl groups is 1. The summed E-state index contributed by atoms with van der Waals surface area (Å²) in [7, 11) is 2.09. The van der Waals surface area contributed by atoms with Crippen molar-refractivity contribution in [3.8, 4) is 0 Å². The van der Waals surface area contributed by atoms with Crippen LogP contribution in [-0.2, 0) is 27.3 Å². The predicted molar refractivity (Wildman–Crippen MR) is 228 cm³/mol. The number of benzene rings is 2. The Morgan fingerprint density at radius 3 is 2.62 bits per heavy atom. The van der Waals surface area contributed by atoms with Crippen LogP contribution in [-0.4, -0.2) is 85.5 Å². The van der Waals surface area contributed by atoms with Crippen LogP contribution in [0.3, 0.4) is 0 Å². The van der Waals surface area contributed by atoms with Crippen LogP contribution in [0.2, 0.25) is 0 Å². The van der Waals surface area contributed by atoms with Gasteiger partial charge < -0.3 is 41.0 Å². The molecular formula is C43H57N9O4. The smallest absolute Gasteiger partial charge is 0.256 e. The molecular weight excluding hydrogens is 707 g/mol. The van der Waals surface area contributed by atoms with E-state index in [9.17, 15) is 19.5 Å². The zero-order valence-corrected chi connectivity index (χ0v) is 33.0. The molecule has 3 aromatic rings. The summed E-state index contributed by atoms with van der Waals surface area (Å²) in [4.78, 5) is 52.8. The van der Waals surface area contributed by atoms with E-state index >= 15 is 0 Å². The molecule has 56 heavy (non-hydrogen) atoms. The Balaban J connectivity index is 1.28. The van der Waals surface area contributed by atoms with Crippen LogP contribution in [0, 0.1) is 6.92 Å². The van der Waals surface area contributed by atoms with Gasteiger partial charge in [-0.2, -0.15) is 0 Å². The van der Waals surface area contributed by atoms with Crippen LogP contribution in [0.4, 0.5) is 22.9 Å². The van der Waals surface area contributed by atoms with Gasteiger partial charge in [0.25, 0.3) is 5.91 Å². The fourth-order valence-electron chi connectivity index (χ4n) is 6.47. The molecule has 0 saturated heterocycles. The van der Waals surface area contributed by atoms with Gasteiger partial charge in [-0.3, -0.25) is 14.6 Å². The van der Waals surface area contributed by atoms with Crippen LogP contribution in [0.5, 0.6) is 0 Å². The Hall–Kier alpha value is -5.82. The number of carbonyl (C=O) groups excluding carboxylic acids is 3. The number of aromatic nitrogens is 1. The van der Waals surface area contributed by atoms with E-state index in [1.807, 2.05) is 31.2 Å². The summed E-state index contributed by atoms with van der Waals surface area (Å²) >= 11 is 0. The van der Waals surface area contributed by atoms with Crippen molar-refractivity contribution in [3.05, 3.63) is 101 Å². The first-order valence-corrected chi connectivity index (χ1v) is 19.3. The Labute approximate surface area is 331 Å². The van der Waals surface area contributed by atoms with Crippen LogP contribution in [0.1, 0.15) is 73.9 Å². The number of carbonyl (C=O) groups is 3. The number of aliphatic hydroxyl groups excluding tert-OH is 1. The predicted octanol–water partition coefficient (Wildman–Crippen LogP) is 6.18. The fraction of sp³-hybridized carbons (Fsp3) is 0.395. The van der Waals surface area contributed by atoms with Crippen molar-refractivity contribution >= 4 is 54.0 Å². The molecule has 1 aromatic heterocycles. The maximum absolute atomic E-state index is 13.0. The molecule has 298 valence electrons. The number of unbranched alkanes of at least 4 members (excludes halogenated alkanes) is 2. The van der Waals surface area contributed by atoms with Crippen LogP contribution in [0.15, 0.2) is 89.0 Å². The topological polar surface area (TPSA) is 164 Å². The van der Waals surface area contributed by atoms with Crippen LogP contribution < -0.4 is 26.2 Å². The van der Waals surface area contributed by atoms with E-state index in [2.05, 4.69) is 92.7 Å². The second kappa shape index (κ2) is 22.5.